The molecule has 2 N–H and O–H groups in total. The van der Waals surface area contributed by atoms with Crippen LogP contribution in [0.5, 0.6) is 5.75 Å². The summed E-state index contributed by atoms with van der Waals surface area (Å²) in [5.41, 5.74) is -0.00254. The Balaban J connectivity index is 1.39. The number of piperidine rings is 1. The van der Waals surface area contributed by atoms with Crippen LogP contribution in [0.25, 0.3) is 0 Å². The fraction of sp³-hybridized carbons (Fsp3) is 0.632. The molecule has 0 bridgehead atoms. The molecule has 27 heavy (non-hydrogen) atoms. The second-order valence-electron chi connectivity index (χ2n) is 7.28. The predicted octanol–water partition coefficient (Wildman–Crippen LogP) is 1.55. The van der Waals surface area contributed by atoms with Crippen molar-refractivity contribution < 1.29 is 14.5 Å². The molecular weight excluding hydrogens is 348 g/mol. The van der Waals surface area contributed by atoms with Crippen molar-refractivity contribution in [3.05, 3.63) is 34.4 Å². The maximum Gasteiger partial charge on any atom is 0.310 e. The smallest absolute Gasteiger partial charge is 0.310 e. The lowest BCUT2D eigenvalue weighted by Gasteiger charge is -2.32. The van der Waals surface area contributed by atoms with Gasteiger partial charge in [-0.25, -0.2) is 0 Å². The molecule has 2 saturated heterocycles. The largest absolute Gasteiger partial charge is 0.485 e. The first-order valence-corrected chi connectivity index (χ1v) is 9.73. The summed E-state index contributed by atoms with van der Waals surface area (Å²) in [5.74, 6) is 0.867. The molecule has 0 saturated carbocycles. The second-order valence-corrected chi connectivity index (χ2v) is 7.28. The number of carbonyl (C=O) groups excluding carboxylic acids is 1. The highest BCUT2D eigenvalue weighted by molar-refractivity contribution is 5.81. The van der Waals surface area contributed by atoms with Gasteiger partial charge in [0.2, 0.25) is 5.91 Å². The number of para-hydroxylation sites is 2. The van der Waals surface area contributed by atoms with Crippen molar-refractivity contribution in [2.45, 2.75) is 31.7 Å². The molecule has 0 spiro atoms. The molecule has 2 fully saturated rings. The zero-order chi connectivity index (χ0) is 19.1. The van der Waals surface area contributed by atoms with Crippen molar-refractivity contribution in [1.29, 1.82) is 0 Å². The fourth-order valence-electron chi connectivity index (χ4n) is 3.81. The van der Waals surface area contributed by atoms with Gasteiger partial charge in [-0.15, -0.1) is 0 Å². The lowest BCUT2D eigenvalue weighted by molar-refractivity contribution is -0.385. The predicted molar refractivity (Wildman–Crippen MR) is 102 cm³/mol. The molecular formula is C19H28N4O4. The number of nitrogens with one attached hydrogen (secondary N) is 2. The Morgan fingerprint density at radius 3 is 2.96 bits per heavy atom. The number of carbonyl (C=O) groups is 1. The summed E-state index contributed by atoms with van der Waals surface area (Å²) in [5, 5.41) is 17.3. The van der Waals surface area contributed by atoms with Crippen LogP contribution >= 0.6 is 0 Å². The topological polar surface area (TPSA) is 96.7 Å². The first-order chi connectivity index (χ1) is 13.1. The third-order valence-corrected chi connectivity index (χ3v) is 5.27. The Labute approximate surface area is 159 Å². The standard InChI is InChI=1S/C19H28N4O4/c24-19(16-6-3-9-20-16)21-13-15-5-4-10-22(14-15)11-12-27-18-8-2-1-7-17(18)23(25)26/h1-2,7-8,15-16,20H,3-6,9-14H2,(H,21,24). The molecule has 2 aliphatic heterocycles. The Morgan fingerprint density at radius 1 is 1.33 bits per heavy atom. The van der Waals surface area contributed by atoms with Gasteiger partial charge in [0.15, 0.2) is 5.75 Å². The van der Waals surface area contributed by atoms with Crippen molar-refractivity contribution in [3.8, 4) is 5.75 Å². The minimum absolute atomic E-state index is 0.00254. The molecule has 0 aromatic heterocycles. The molecule has 2 atom stereocenters. The zero-order valence-electron chi connectivity index (χ0n) is 15.6. The third-order valence-electron chi connectivity index (χ3n) is 5.27. The van der Waals surface area contributed by atoms with E-state index >= 15 is 0 Å². The van der Waals surface area contributed by atoms with Crippen LogP contribution in [0.2, 0.25) is 0 Å². The SMILES string of the molecule is O=C(NCC1CCCN(CCOc2ccccc2[N+](=O)[O-])C1)C1CCCN1. The molecule has 2 unspecified atom stereocenters. The normalized spacial score (nSPS) is 23.1. The highest BCUT2D eigenvalue weighted by atomic mass is 16.6. The number of nitrogens with zero attached hydrogens (tertiary/aromatic N) is 2. The molecule has 8 nitrogen and oxygen atoms in total. The minimum Gasteiger partial charge on any atom is -0.485 e. The quantitative estimate of drug-likeness (QED) is 0.528. The van der Waals surface area contributed by atoms with Gasteiger partial charge in [-0.1, -0.05) is 12.1 Å². The van der Waals surface area contributed by atoms with E-state index in [9.17, 15) is 14.9 Å². The molecule has 2 aliphatic rings. The molecule has 0 aliphatic carbocycles. The van der Waals surface area contributed by atoms with E-state index in [1.54, 1.807) is 18.2 Å². The van der Waals surface area contributed by atoms with Gasteiger partial charge in [0.25, 0.3) is 0 Å². The highest BCUT2D eigenvalue weighted by Crippen LogP contribution is 2.25. The van der Waals surface area contributed by atoms with Crippen molar-refractivity contribution in [1.82, 2.24) is 15.5 Å². The van der Waals surface area contributed by atoms with E-state index in [2.05, 4.69) is 15.5 Å². The average Bonchev–Trinajstić information content (AvgIpc) is 3.22. The molecule has 1 amide bonds. The van der Waals surface area contributed by atoms with E-state index in [-0.39, 0.29) is 17.6 Å². The molecule has 148 valence electrons. The number of nitro benzene ring substituents is 1. The van der Waals surface area contributed by atoms with Gasteiger partial charge in [-0.2, -0.15) is 0 Å². The van der Waals surface area contributed by atoms with Crippen LogP contribution in [0, 0.1) is 16.0 Å². The lowest BCUT2D eigenvalue weighted by Crippen LogP contribution is -2.46. The first kappa shape index (κ1) is 19.6. The van der Waals surface area contributed by atoms with Gasteiger partial charge < -0.3 is 15.4 Å². The van der Waals surface area contributed by atoms with Gasteiger partial charge in [-0.05, 0) is 50.8 Å². The first-order valence-electron chi connectivity index (χ1n) is 9.73. The van der Waals surface area contributed by atoms with Crippen molar-refractivity contribution in [2.24, 2.45) is 5.92 Å². The number of benzene rings is 1. The molecule has 1 aromatic carbocycles. The summed E-state index contributed by atoms with van der Waals surface area (Å²) < 4.78 is 5.64. The van der Waals surface area contributed by atoms with E-state index in [0.29, 0.717) is 24.8 Å². The summed E-state index contributed by atoms with van der Waals surface area (Å²) in [6.07, 6.45) is 4.19. The number of hydrogen-bond acceptors (Lipinski definition) is 6. The van der Waals surface area contributed by atoms with E-state index < -0.39 is 4.92 Å². The average molecular weight is 376 g/mol. The van der Waals surface area contributed by atoms with Gasteiger partial charge in [0.1, 0.15) is 6.61 Å². The van der Waals surface area contributed by atoms with Crippen LogP contribution in [0.4, 0.5) is 5.69 Å². The van der Waals surface area contributed by atoms with Crippen LogP contribution in [-0.2, 0) is 4.79 Å². The summed E-state index contributed by atoms with van der Waals surface area (Å²) in [7, 11) is 0. The Hall–Kier alpha value is -2.19. The summed E-state index contributed by atoms with van der Waals surface area (Å²) in [4.78, 5) is 25.0. The number of ether oxygens (including phenoxy) is 1. The third kappa shape index (κ3) is 5.64. The molecule has 0 radical (unpaired) electrons. The van der Waals surface area contributed by atoms with Crippen molar-refractivity contribution in [2.75, 3.05) is 39.3 Å². The second kappa shape index (κ2) is 9.66. The summed E-state index contributed by atoms with van der Waals surface area (Å²) >= 11 is 0. The number of nitro groups is 1. The number of hydrogen-bond donors (Lipinski definition) is 2. The highest BCUT2D eigenvalue weighted by Gasteiger charge is 2.24. The van der Waals surface area contributed by atoms with Gasteiger partial charge in [0.05, 0.1) is 11.0 Å². The van der Waals surface area contributed by atoms with E-state index in [0.717, 1.165) is 51.9 Å². The summed E-state index contributed by atoms with van der Waals surface area (Å²) in [6, 6.07) is 6.43. The van der Waals surface area contributed by atoms with Crippen LogP contribution in [-0.4, -0.2) is 61.1 Å². The van der Waals surface area contributed by atoms with Crippen molar-refractivity contribution in [3.63, 3.8) is 0 Å². The zero-order valence-corrected chi connectivity index (χ0v) is 15.6. The van der Waals surface area contributed by atoms with Gasteiger partial charge >= 0.3 is 5.69 Å². The molecule has 8 heteroatoms. The molecule has 1 aromatic rings. The Morgan fingerprint density at radius 2 is 2.19 bits per heavy atom. The van der Waals surface area contributed by atoms with Crippen molar-refractivity contribution >= 4 is 11.6 Å². The Kier molecular flexibility index (Phi) is 7.00. The van der Waals surface area contributed by atoms with E-state index in [1.165, 1.54) is 6.07 Å². The Bertz CT molecular complexity index is 648. The van der Waals surface area contributed by atoms with Gasteiger partial charge in [0, 0.05) is 25.7 Å². The maximum absolute atomic E-state index is 12.1. The van der Waals surface area contributed by atoms with Crippen LogP contribution in [0.15, 0.2) is 24.3 Å². The lowest BCUT2D eigenvalue weighted by atomic mass is 9.98. The maximum atomic E-state index is 12.1. The van der Waals surface area contributed by atoms with E-state index in [4.69, 9.17) is 4.74 Å². The number of likely N-dealkylation sites (tertiary alicyclic amines) is 1. The monoisotopic (exact) mass is 376 g/mol. The molecule has 3 rings (SSSR count). The number of rotatable bonds is 8. The van der Waals surface area contributed by atoms with E-state index in [1.807, 2.05) is 0 Å². The molecule has 2 heterocycles. The van der Waals surface area contributed by atoms with Crippen LogP contribution in [0.3, 0.4) is 0 Å². The van der Waals surface area contributed by atoms with Gasteiger partial charge in [-0.3, -0.25) is 19.8 Å². The fourth-order valence-corrected chi connectivity index (χ4v) is 3.81. The number of amides is 1. The van der Waals surface area contributed by atoms with Crippen LogP contribution in [0.1, 0.15) is 25.7 Å². The van der Waals surface area contributed by atoms with Crippen LogP contribution < -0.4 is 15.4 Å². The minimum atomic E-state index is -0.422. The summed E-state index contributed by atoms with van der Waals surface area (Å²) in [6.45, 7) is 4.68.